The Bertz CT molecular complexity index is 756. The maximum atomic E-state index is 12.2. The first-order valence-electron chi connectivity index (χ1n) is 6.51. The van der Waals surface area contributed by atoms with Crippen molar-refractivity contribution in [2.24, 2.45) is 0 Å². The molecule has 1 aromatic heterocycles. The molecule has 0 aliphatic carbocycles. The number of para-hydroxylation sites is 1. The lowest BCUT2D eigenvalue weighted by Gasteiger charge is -2.18. The Morgan fingerprint density at radius 2 is 1.95 bits per heavy atom. The van der Waals surface area contributed by atoms with Crippen LogP contribution in [0.2, 0.25) is 0 Å². The summed E-state index contributed by atoms with van der Waals surface area (Å²) >= 11 is 1.14. The van der Waals surface area contributed by atoms with E-state index in [4.69, 9.17) is 0 Å². The van der Waals surface area contributed by atoms with Gasteiger partial charge in [-0.1, -0.05) is 24.3 Å². The third kappa shape index (κ3) is 3.00. The smallest absolute Gasteiger partial charge is 0.243 e. The molecule has 3 aromatic rings. The predicted octanol–water partition coefficient (Wildman–Crippen LogP) is 2.77. The number of nitrogens with one attached hydrogen (secondary N) is 1. The Morgan fingerprint density at radius 1 is 1.14 bits per heavy atom. The molecule has 0 atom stereocenters. The van der Waals surface area contributed by atoms with Gasteiger partial charge in [0.2, 0.25) is 5.91 Å². The Morgan fingerprint density at radius 3 is 2.76 bits per heavy atom. The zero-order chi connectivity index (χ0) is 14.7. The van der Waals surface area contributed by atoms with Crippen LogP contribution in [0.1, 0.15) is 0 Å². The van der Waals surface area contributed by atoms with Crippen LogP contribution in [0.5, 0.6) is 0 Å². The predicted molar refractivity (Wildman–Crippen MR) is 85.8 cm³/mol. The van der Waals surface area contributed by atoms with Gasteiger partial charge >= 0.3 is 0 Å². The monoisotopic (exact) mass is 298 g/mol. The second kappa shape index (κ2) is 5.88. The zero-order valence-electron chi connectivity index (χ0n) is 11.5. The third-order valence-corrected chi connectivity index (χ3v) is 3.68. The molecule has 5 nitrogen and oxygen atoms in total. The number of carbonyl (C=O) groups excluding carboxylic acids is 1. The maximum absolute atomic E-state index is 12.2. The van der Waals surface area contributed by atoms with Crippen molar-refractivity contribution in [3.63, 3.8) is 0 Å². The van der Waals surface area contributed by atoms with Crippen LogP contribution in [0.15, 0.2) is 48.5 Å². The fourth-order valence-corrected chi connectivity index (χ4v) is 2.64. The Balaban J connectivity index is 1.71. The van der Waals surface area contributed by atoms with E-state index in [0.717, 1.165) is 28.4 Å². The van der Waals surface area contributed by atoms with Crippen molar-refractivity contribution < 1.29 is 4.79 Å². The third-order valence-electron chi connectivity index (χ3n) is 3.14. The minimum absolute atomic E-state index is 0.0816. The second-order valence-electron chi connectivity index (χ2n) is 4.68. The van der Waals surface area contributed by atoms with E-state index in [9.17, 15) is 4.79 Å². The number of aromatic nitrogens is 2. The molecule has 21 heavy (non-hydrogen) atoms. The van der Waals surface area contributed by atoms with Crippen LogP contribution in [0.4, 0.5) is 11.4 Å². The first kappa shape index (κ1) is 13.5. The van der Waals surface area contributed by atoms with Crippen molar-refractivity contribution in [2.75, 3.05) is 23.8 Å². The van der Waals surface area contributed by atoms with Crippen LogP contribution in [0.25, 0.3) is 11.0 Å². The van der Waals surface area contributed by atoms with Gasteiger partial charge in [-0.2, -0.15) is 8.75 Å². The summed E-state index contributed by atoms with van der Waals surface area (Å²) in [6, 6.07) is 15.4. The van der Waals surface area contributed by atoms with Gasteiger partial charge in [-0.15, -0.1) is 0 Å². The Labute approximate surface area is 126 Å². The molecule has 106 valence electrons. The van der Waals surface area contributed by atoms with Crippen LogP contribution >= 0.6 is 11.7 Å². The number of rotatable bonds is 4. The average Bonchev–Trinajstić information content (AvgIpc) is 2.97. The van der Waals surface area contributed by atoms with E-state index >= 15 is 0 Å². The fourth-order valence-electron chi connectivity index (χ4n) is 2.09. The Hall–Kier alpha value is -2.47. The van der Waals surface area contributed by atoms with Crippen LogP contribution in [0.3, 0.4) is 0 Å². The summed E-state index contributed by atoms with van der Waals surface area (Å²) in [6.45, 7) is 0.276. The molecule has 0 aliphatic rings. The molecule has 0 saturated carbocycles. The minimum Gasteiger partial charge on any atom is -0.365 e. The van der Waals surface area contributed by atoms with Crippen LogP contribution < -0.4 is 10.2 Å². The van der Waals surface area contributed by atoms with Crippen molar-refractivity contribution in [3.05, 3.63) is 48.5 Å². The summed E-state index contributed by atoms with van der Waals surface area (Å²) < 4.78 is 8.38. The highest BCUT2D eigenvalue weighted by atomic mass is 32.1. The van der Waals surface area contributed by atoms with Gasteiger partial charge in [0, 0.05) is 12.7 Å². The van der Waals surface area contributed by atoms with Crippen molar-refractivity contribution in [3.8, 4) is 0 Å². The van der Waals surface area contributed by atoms with E-state index in [2.05, 4.69) is 14.1 Å². The lowest BCUT2D eigenvalue weighted by atomic mass is 10.2. The summed E-state index contributed by atoms with van der Waals surface area (Å²) in [6.07, 6.45) is 0. The van der Waals surface area contributed by atoms with Crippen molar-refractivity contribution in [1.29, 1.82) is 0 Å². The zero-order valence-corrected chi connectivity index (χ0v) is 12.3. The van der Waals surface area contributed by atoms with Crippen LogP contribution in [0, 0.1) is 0 Å². The van der Waals surface area contributed by atoms with Crippen molar-refractivity contribution in [1.82, 2.24) is 8.75 Å². The molecule has 0 radical (unpaired) electrons. The maximum Gasteiger partial charge on any atom is 0.243 e. The van der Waals surface area contributed by atoms with Gasteiger partial charge in [-0.05, 0) is 24.3 Å². The number of hydrogen-bond donors (Lipinski definition) is 1. The molecular weight excluding hydrogens is 284 g/mol. The number of carbonyl (C=O) groups is 1. The molecule has 2 aromatic carbocycles. The van der Waals surface area contributed by atoms with Crippen molar-refractivity contribution in [2.45, 2.75) is 0 Å². The molecule has 0 unspecified atom stereocenters. The first-order chi connectivity index (χ1) is 10.2. The van der Waals surface area contributed by atoms with E-state index in [1.165, 1.54) is 0 Å². The molecule has 3 rings (SSSR count). The number of amides is 1. The average molecular weight is 298 g/mol. The summed E-state index contributed by atoms with van der Waals surface area (Å²) in [5.41, 5.74) is 3.24. The summed E-state index contributed by atoms with van der Waals surface area (Å²) in [5, 5.41) is 2.90. The second-order valence-corrected chi connectivity index (χ2v) is 5.21. The molecule has 0 aliphatic heterocycles. The van der Waals surface area contributed by atoms with Crippen LogP contribution in [-0.4, -0.2) is 28.2 Å². The largest absolute Gasteiger partial charge is 0.365 e. The summed E-state index contributed by atoms with van der Waals surface area (Å²) in [4.78, 5) is 14.1. The number of fused-ring (bicyclic) bond motifs is 1. The van der Waals surface area contributed by atoms with Gasteiger partial charge in [-0.3, -0.25) is 4.79 Å². The molecule has 6 heteroatoms. The number of hydrogen-bond acceptors (Lipinski definition) is 5. The van der Waals surface area contributed by atoms with Gasteiger partial charge in [0.05, 0.1) is 24.0 Å². The molecule has 0 bridgehead atoms. The van der Waals surface area contributed by atoms with Gasteiger partial charge in [0.25, 0.3) is 0 Å². The molecule has 0 spiro atoms. The lowest BCUT2D eigenvalue weighted by Crippen LogP contribution is -2.30. The highest BCUT2D eigenvalue weighted by Crippen LogP contribution is 2.21. The molecular formula is C15H14N4OS. The number of anilines is 2. The summed E-state index contributed by atoms with van der Waals surface area (Å²) in [5.74, 6) is -0.0816. The quantitative estimate of drug-likeness (QED) is 0.804. The van der Waals surface area contributed by atoms with Gasteiger partial charge in [0.1, 0.15) is 11.0 Å². The molecule has 0 fully saturated rings. The minimum atomic E-state index is -0.0816. The van der Waals surface area contributed by atoms with Crippen LogP contribution in [-0.2, 0) is 4.79 Å². The van der Waals surface area contributed by atoms with E-state index in [0.29, 0.717) is 5.69 Å². The Kier molecular flexibility index (Phi) is 3.79. The SMILES string of the molecule is CN(CC(=O)Nc1cccc2nsnc12)c1ccccc1. The molecule has 1 amide bonds. The number of nitrogens with zero attached hydrogens (tertiary/aromatic N) is 3. The molecule has 1 N–H and O–H groups in total. The summed E-state index contributed by atoms with van der Waals surface area (Å²) in [7, 11) is 1.89. The number of likely N-dealkylation sites (N-methyl/N-ethyl adjacent to an activating group) is 1. The van der Waals surface area contributed by atoms with E-state index in [1.54, 1.807) is 0 Å². The van der Waals surface area contributed by atoms with Gasteiger partial charge in [-0.25, -0.2) is 0 Å². The lowest BCUT2D eigenvalue weighted by molar-refractivity contribution is -0.114. The molecule has 1 heterocycles. The van der Waals surface area contributed by atoms with E-state index in [1.807, 2.05) is 60.5 Å². The van der Waals surface area contributed by atoms with Gasteiger partial charge in [0.15, 0.2) is 0 Å². The van der Waals surface area contributed by atoms with Crippen molar-refractivity contribution >= 4 is 40.0 Å². The fraction of sp³-hybridized carbons (Fsp3) is 0.133. The van der Waals surface area contributed by atoms with E-state index in [-0.39, 0.29) is 12.5 Å². The molecule has 0 saturated heterocycles. The topological polar surface area (TPSA) is 58.1 Å². The number of benzene rings is 2. The van der Waals surface area contributed by atoms with Gasteiger partial charge < -0.3 is 10.2 Å². The first-order valence-corrected chi connectivity index (χ1v) is 7.24. The highest BCUT2D eigenvalue weighted by molar-refractivity contribution is 7.00. The normalized spacial score (nSPS) is 10.5. The highest BCUT2D eigenvalue weighted by Gasteiger charge is 2.10. The standard InChI is InChI=1S/C15H14N4OS/c1-19(11-6-3-2-4-7-11)10-14(20)16-12-8-5-9-13-15(12)18-21-17-13/h2-9H,10H2,1H3,(H,16,20). The van der Waals surface area contributed by atoms with E-state index < -0.39 is 0 Å².